The third-order valence-electron chi connectivity index (χ3n) is 4.48. The molecule has 1 aromatic heterocycles. The quantitative estimate of drug-likeness (QED) is 0.846. The van der Waals surface area contributed by atoms with E-state index in [1.807, 2.05) is 30.3 Å². The van der Waals surface area contributed by atoms with Crippen LogP contribution in [0.25, 0.3) is 10.9 Å². The van der Waals surface area contributed by atoms with Crippen molar-refractivity contribution < 1.29 is 9.53 Å². The first kappa shape index (κ1) is 17.4. The first-order chi connectivity index (χ1) is 12.2. The molecule has 0 radical (unpaired) electrons. The SMILES string of the molecule is C=CCN1CCN(Cc2ccc(OC(=O)NC)c3ncccc23)CC1. The van der Waals surface area contributed by atoms with Gasteiger partial charge in [-0.2, -0.15) is 0 Å². The van der Waals surface area contributed by atoms with Crippen molar-refractivity contribution in [1.82, 2.24) is 20.1 Å². The molecule has 0 aliphatic carbocycles. The molecule has 1 saturated heterocycles. The van der Waals surface area contributed by atoms with E-state index in [1.165, 1.54) is 5.56 Å². The smallest absolute Gasteiger partial charge is 0.408 e. The number of carbonyl (C=O) groups is 1. The molecule has 1 N–H and O–H groups in total. The van der Waals surface area contributed by atoms with Crippen molar-refractivity contribution in [2.45, 2.75) is 6.54 Å². The van der Waals surface area contributed by atoms with Crippen molar-refractivity contribution in [3.63, 3.8) is 0 Å². The van der Waals surface area contributed by atoms with Crippen LogP contribution < -0.4 is 10.1 Å². The lowest BCUT2D eigenvalue weighted by Gasteiger charge is -2.34. The fourth-order valence-electron chi connectivity index (χ4n) is 3.13. The highest BCUT2D eigenvalue weighted by atomic mass is 16.6. The summed E-state index contributed by atoms with van der Waals surface area (Å²) in [4.78, 5) is 20.8. The van der Waals surface area contributed by atoms with Gasteiger partial charge in [0.2, 0.25) is 0 Å². The Labute approximate surface area is 148 Å². The van der Waals surface area contributed by atoms with Gasteiger partial charge in [0.05, 0.1) is 0 Å². The standard InChI is InChI=1S/C19H24N4O2/c1-3-9-22-10-12-23(13-11-22)14-15-6-7-17(25-19(24)20-2)18-16(15)5-4-8-21-18/h3-8H,1,9-14H2,2H3,(H,20,24). The third kappa shape index (κ3) is 4.15. The van der Waals surface area contributed by atoms with Gasteiger partial charge >= 0.3 is 6.09 Å². The van der Waals surface area contributed by atoms with Crippen LogP contribution in [0.15, 0.2) is 43.1 Å². The zero-order valence-corrected chi connectivity index (χ0v) is 14.6. The molecule has 0 unspecified atom stereocenters. The van der Waals surface area contributed by atoms with E-state index < -0.39 is 6.09 Å². The molecule has 132 valence electrons. The van der Waals surface area contributed by atoms with Gasteiger partial charge in [0.15, 0.2) is 5.75 Å². The summed E-state index contributed by atoms with van der Waals surface area (Å²) >= 11 is 0. The molecule has 1 aliphatic rings. The highest BCUT2D eigenvalue weighted by molar-refractivity contribution is 5.89. The Morgan fingerprint density at radius 1 is 1.28 bits per heavy atom. The maximum absolute atomic E-state index is 11.5. The van der Waals surface area contributed by atoms with Crippen molar-refractivity contribution in [2.75, 3.05) is 39.8 Å². The molecule has 2 heterocycles. The number of rotatable bonds is 5. The summed E-state index contributed by atoms with van der Waals surface area (Å²) in [7, 11) is 1.54. The number of piperazine rings is 1. The van der Waals surface area contributed by atoms with Crippen LogP contribution >= 0.6 is 0 Å². The number of benzene rings is 1. The summed E-state index contributed by atoms with van der Waals surface area (Å²) < 4.78 is 5.32. The Morgan fingerprint density at radius 2 is 2.04 bits per heavy atom. The number of ether oxygens (including phenoxy) is 1. The molecule has 1 amide bonds. The summed E-state index contributed by atoms with van der Waals surface area (Å²) in [6, 6.07) is 7.80. The number of amides is 1. The highest BCUT2D eigenvalue weighted by Gasteiger charge is 2.18. The number of carbonyl (C=O) groups excluding carboxylic acids is 1. The van der Waals surface area contributed by atoms with Crippen molar-refractivity contribution in [2.24, 2.45) is 0 Å². The predicted octanol–water partition coefficient (Wildman–Crippen LogP) is 2.26. The van der Waals surface area contributed by atoms with E-state index in [0.717, 1.165) is 44.7 Å². The second kappa shape index (κ2) is 8.09. The first-order valence-electron chi connectivity index (χ1n) is 8.53. The van der Waals surface area contributed by atoms with Crippen LogP contribution in [-0.4, -0.2) is 60.6 Å². The number of hydrogen-bond donors (Lipinski definition) is 1. The van der Waals surface area contributed by atoms with Gasteiger partial charge in [-0.05, 0) is 17.7 Å². The van der Waals surface area contributed by atoms with Crippen molar-refractivity contribution >= 4 is 17.0 Å². The minimum atomic E-state index is -0.488. The van der Waals surface area contributed by atoms with E-state index in [-0.39, 0.29) is 0 Å². The molecule has 1 aromatic carbocycles. The Morgan fingerprint density at radius 3 is 2.76 bits per heavy atom. The Bertz CT molecular complexity index is 754. The number of hydrogen-bond acceptors (Lipinski definition) is 5. The maximum atomic E-state index is 11.5. The number of fused-ring (bicyclic) bond motifs is 1. The van der Waals surface area contributed by atoms with Gasteiger partial charge in [0.25, 0.3) is 0 Å². The summed E-state index contributed by atoms with van der Waals surface area (Å²) in [6.07, 6.45) is 3.19. The molecule has 0 spiro atoms. The summed E-state index contributed by atoms with van der Waals surface area (Å²) in [5.41, 5.74) is 1.92. The van der Waals surface area contributed by atoms with Crippen molar-refractivity contribution in [3.05, 3.63) is 48.7 Å². The molecular formula is C19H24N4O2. The lowest BCUT2D eigenvalue weighted by molar-refractivity contribution is 0.137. The number of aromatic nitrogens is 1. The molecule has 2 aromatic rings. The second-order valence-electron chi connectivity index (χ2n) is 6.13. The zero-order valence-electron chi connectivity index (χ0n) is 14.6. The monoisotopic (exact) mass is 340 g/mol. The van der Waals surface area contributed by atoms with Crippen LogP contribution in [0, 0.1) is 0 Å². The molecule has 0 atom stereocenters. The molecule has 25 heavy (non-hydrogen) atoms. The van der Waals surface area contributed by atoms with E-state index in [4.69, 9.17) is 4.74 Å². The molecule has 1 aliphatic heterocycles. The largest absolute Gasteiger partial charge is 0.412 e. The van der Waals surface area contributed by atoms with E-state index in [9.17, 15) is 4.79 Å². The minimum Gasteiger partial charge on any atom is -0.408 e. The second-order valence-corrected chi connectivity index (χ2v) is 6.13. The van der Waals surface area contributed by atoms with Gasteiger partial charge in [-0.1, -0.05) is 18.2 Å². The Hall–Kier alpha value is -2.44. The predicted molar refractivity (Wildman–Crippen MR) is 98.7 cm³/mol. The zero-order chi connectivity index (χ0) is 17.6. The first-order valence-corrected chi connectivity index (χ1v) is 8.53. The van der Waals surface area contributed by atoms with Crippen LogP contribution in [0.3, 0.4) is 0 Å². The average Bonchev–Trinajstić information content (AvgIpc) is 2.65. The van der Waals surface area contributed by atoms with Crippen LogP contribution in [-0.2, 0) is 6.54 Å². The summed E-state index contributed by atoms with van der Waals surface area (Å²) in [5, 5.41) is 3.49. The lowest BCUT2D eigenvalue weighted by Crippen LogP contribution is -2.45. The molecule has 3 rings (SSSR count). The van der Waals surface area contributed by atoms with E-state index >= 15 is 0 Å². The molecule has 6 heteroatoms. The number of pyridine rings is 1. The topological polar surface area (TPSA) is 57.7 Å². The van der Waals surface area contributed by atoms with Gasteiger partial charge < -0.3 is 10.1 Å². The molecule has 1 fully saturated rings. The van der Waals surface area contributed by atoms with Crippen LogP contribution in [0.4, 0.5) is 4.79 Å². The normalized spacial score (nSPS) is 15.9. The van der Waals surface area contributed by atoms with Gasteiger partial charge in [0.1, 0.15) is 5.52 Å². The molecule has 0 bridgehead atoms. The Balaban J connectivity index is 1.77. The fraction of sp³-hybridized carbons (Fsp3) is 0.368. The summed E-state index contributed by atoms with van der Waals surface area (Å²) in [6.45, 7) is 9.80. The van der Waals surface area contributed by atoms with Gasteiger partial charge in [-0.15, -0.1) is 6.58 Å². The van der Waals surface area contributed by atoms with Crippen LogP contribution in [0.2, 0.25) is 0 Å². The fourth-order valence-corrected chi connectivity index (χ4v) is 3.13. The number of nitrogens with zero attached hydrogens (tertiary/aromatic N) is 3. The van der Waals surface area contributed by atoms with Gasteiger partial charge in [-0.3, -0.25) is 14.8 Å². The Kier molecular flexibility index (Phi) is 5.63. The average molecular weight is 340 g/mol. The van der Waals surface area contributed by atoms with Gasteiger partial charge in [-0.25, -0.2) is 4.79 Å². The van der Waals surface area contributed by atoms with Gasteiger partial charge in [0, 0.05) is 57.9 Å². The molecule has 0 saturated carbocycles. The van der Waals surface area contributed by atoms with Crippen LogP contribution in [0.5, 0.6) is 5.75 Å². The number of nitrogens with one attached hydrogen (secondary N) is 1. The summed E-state index contributed by atoms with van der Waals surface area (Å²) in [5.74, 6) is 0.481. The van der Waals surface area contributed by atoms with E-state index in [1.54, 1.807) is 13.2 Å². The minimum absolute atomic E-state index is 0.481. The van der Waals surface area contributed by atoms with E-state index in [0.29, 0.717) is 11.3 Å². The molecule has 6 nitrogen and oxygen atoms in total. The highest BCUT2D eigenvalue weighted by Crippen LogP contribution is 2.28. The third-order valence-corrected chi connectivity index (χ3v) is 4.48. The maximum Gasteiger partial charge on any atom is 0.412 e. The van der Waals surface area contributed by atoms with E-state index in [2.05, 4.69) is 26.7 Å². The van der Waals surface area contributed by atoms with Crippen molar-refractivity contribution in [1.29, 1.82) is 0 Å². The molecular weight excluding hydrogens is 316 g/mol. The van der Waals surface area contributed by atoms with Crippen LogP contribution in [0.1, 0.15) is 5.56 Å². The van der Waals surface area contributed by atoms with Crippen molar-refractivity contribution in [3.8, 4) is 5.75 Å². The lowest BCUT2D eigenvalue weighted by atomic mass is 10.1.